The molecule has 0 fully saturated rings. The normalized spacial score (nSPS) is 11.1. The van der Waals surface area contributed by atoms with Gasteiger partial charge in [-0.1, -0.05) is 18.2 Å². The van der Waals surface area contributed by atoms with E-state index >= 15 is 0 Å². The third-order valence-corrected chi connectivity index (χ3v) is 2.80. The molecule has 0 aromatic heterocycles. The Hall–Kier alpha value is -1.16. The summed E-state index contributed by atoms with van der Waals surface area (Å²) in [6.45, 7) is 1.11. The molecule has 0 spiro atoms. The van der Waals surface area contributed by atoms with Crippen molar-refractivity contribution in [3.8, 4) is 0 Å². The van der Waals surface area contributed by atoms with Crippen molar-refractivity contribution >= 4 is 18.9 Å². The van der Waals surface area contributed by atoms with Crippen molar-refractivity contribution in [2.24, 2.45) is 0 Å². The largest absolute Gasteiger partial charge is 0.461 e. The van der Waals surface area contributed by atoms with Gasteiger partial charge in [-0.3, -0.25) is 9.36 Å². The molecule has 0 saturated heterocycles. The Morgan fingerprint density at radius 2 is 2.00 bits per heavy atom. The number of carbonyl (C=O) groups is 1. The molecule has 82 valence electrons. The fourth-order valence-electron chi connectivity index (χ4n) is 1.10. The highest BCUT2D eigenvalue weighted by Gasteiger charge is 2.20. The Kier molecular flexibility index (Phi) is 3.63. The molecule has 0 aliphatic carbocycles. The molecule has 0 saturated carbocycles. The van der Waals surface area contributed by atoms with E-state index in [1.54, 1.807) is 6.07 Å². The van der Waals surface area contributed by atoms with E-state index < -0.39 is 13.6 Å². The number of ether oxygens (including phenoxy) is 1. The average molecular weight is 230 g/mol. The molecule has 0 radical (unpaired) electrons. The Morgan fingerprint density at radius 3 is 2.53 bits per heavy atom. The summed E-state index contributed by atoms with van der Waals surface area (Å²) in [5.74, 6) is -0.490. The highest BCUT2D eigenvalue weighted by Crippen LogP contribution is 2.34. The van der Waals surface area contributed by atoms with Gasteiger partial charge in [-0.2, -0.15) is 0 Å². The van der Waals surface area contributed by atoms with E-state index in [4.69, 9.17) is 9.79 Å². The van der Waals surface area contributed by atoms with Gasteiger partial charge in [-0.15, -0.1) is 0 Å². The van der Waals surface area contributed by atoms with Gasteiger partial charge in [-0.25, -0.2) is 0 Å². The van der Waals surface area contributed by atoms with Crippen molar-refractivity contribution < 1.29 is 23.9 Å². The lowest BCUT2D eigenvalue weighted by Crippen LogP contribution is -2.12. The third kappa shape index (κ3) is 3.47. The Balaban J connectivity index is 2.97. The van der Waals surface area contributed by atoms with Gasteiger partial charge in [0, 0.05) is 12.5 Å². The lowest BCUT2D eigenvalue weighted by molar-refractivity contribution is -0.142. The predicted octanol–water partition coefficient (Wildman–Crippen LogP) is 0.553. The molecule has 0 unspecified atom stereocenters. The van der Waals surface area contributed by atoms with Crippen LogP contribution in [0.25, 0.3) is 0 Å². The summed E-state index contributed by atoms with van der Waals surface area (Å²) in [4.78, 5) is 28.6. The van der Waals surface area contributed by atoms with E-state index in [9.17, 15) is 9.36 Å². The summed E-state index contributed by atoms with van der Waals surface area (Å²) in [6, 6.07) is 5.97. The van der Waals surface area contributed by atoms with Crippen LogP contribution < -0.4 is 5.30 Å². The SMILES string of the molecule is CC(=O)OCc1ccccc1P(=O)(O)O. The Labute approximate surface area is 86.9 Å². The number of carbonyl (C=O) groups excluding carboxylic acids is 1. The number of benzene rings is 1. The lowest BCUT2D eigenvalue weighted by atomic mass is 10.2. The van der Waals surface area contributed by atoms with Crippen molar-refractivity contribution in [3.05, 3.63) is 29.8 Å². The van der Waals surface area contributed by atoms with E-state index in [-0.39, 0.29) is 11.9 Å². The van der Waals surface area contributed by atoms with Crippen molar-refractivity contribution in [1.29, 1.82) is 0 Å². The van der Waals surface area contributed by atoms with E-state index in [1.807, 2.05) is 0 Å². The number of hydrogen-bond acceptors (Lipinski definition) is 3. The zero-order chi connectivity index (χ0) is 11.5. The van der Waals surface area contributed by atoms with Gasteiger partial charge in [0.2, 0.25) is 0 Å². The monoisotopic (exact) mass is 230 g/mol. The molecule has 6 heteroatoms. The maximum Gasteiger partial charge on any atom is 0.356 e. The van der Waals surface area contributed by atoms with Crippen molar-refractivity contribution in [2.45, 2.75) is 13.5 Å². The van der Waals surface area contributed by atoms with E-state index in [1.165, 1.54) is 25.1 Å². The van der Waals surface area contributed by atoms with Crippen LogP contribution in [0.3, 0.4) is 0 Å². The molecule has 15 heavy (non-hydrogen) atoms. The maximum atomic E-state index is 11.1. The topological polar surface area (TPSA) is 83.8 Å². The first-order valence-electron chi connectivity index (χ1n) is 4.18. The van der Waals surface area contributed by atoms with Gasteiger partial charge in [0.1, 0.15) is 6.61 Å². The van der Waals surface area contributed by atoms with Crippen molar-refractivity contribution in [1.82, 2.24) is 0 Å². The number of esters is 1. The molecular formula is C9H11O5P. The molecule has 0 heterocycles. The number of hydrogen-bond donors (Lipinski definition) is 2. The molecule has 1 aromatic rings. The Morgan fingerprint density at radius 1 is 1.40 bits per heavy atom. The predicted molar refractivity (Wildman–Crippen MR) is 53.6 cm³/mol. The molecule has 1 rings (SSSR count). The minimum Gasteiger partial charge on any atom is -0.461 e. The van der Waals surface area contributed by atoms with Crippen LogP contribution in [0.1, 0.15) is 12.5 Å². The van der Waals surface area contributed by atoms with Gasteiger partial charge in [0.15, 0.2) is 0 Å². The molecule has 2 N–H and O–H groups in total. The maximum absolute atomic E-state index is 11.1. The van der Waals surface area contributed by atoms with Crippen LogP contribution in [0.15, 0.2) is 24.3 Å². The summed E-state index contributed by atoms with van der Waals surface area (Å²) < 4.78 is 15.7. The van der Waals surface area contributed by atoms with Gasteiger partial charge in [-0.05, 0) is 6.07 Å². The number of rotatable bonds is 3. The molecule has 5 nitrogen and oxygen atoms in total. The summed E-state index contributed by atoms with van der Waals surface area (Å²) in [6.07, 6.45) is 0. The van der Waals surface area contributed by atoms with Crippen LogP contribution in [0.5, 0.6) is 0 Å². The van der Waals surface area contributed by atoms with Crippen LogP contribution in [0.2, 0.25) is 0 Å². The molecule has 0 bridgehead atoms. The first kappa shape index (κ1) is 11.9. The second kappa shape index (κ2) is 4.57. The smallest absolute Gasteiger partial charge is 0.356 e. The molecule has 0 amide bonds. The second-order valence-corrected chi connectivity index (χ2v) is 4.52. The highest BCUT2D eigenvalue weighted by molar-refractivity contribution is 7.60. The third-order valence-electron chi connectivity index (χ3n) is 1.74. The van der Waals surface area contributed by atoms with E-state index in [0.29, 0.717) is 5.56 Å². The van der Waals surface area contributed by atoms with E-state index in [0.717, 1.165) is 0 Å². The standard InChI is InChI=1S/C9H11O5P/c1-7(10)14-6-8-4-2-3-5-9(8)15(11,12)13/h2-5H,6H2,1H3,(H2,11,12,13). The van der Waals surface area contributed by atoms with Gasteiger partial charge in [0.05, 0.1) is 5.30 Å². The zero-order valence-electron chi connectivity index (χ0n) is 8.08. The molecule has 1 aromatic carbocycles. The fourth-order valence-corrected chi connectivity index (χ4v) is 1.89. The van der Waals surface area contributed by atoms with Gasteiger partial charge >= 0.3 is 13.6 Å². The van der Waals surface area contributed by atoms with Crippen LogP contribution in [0, 0.1) is 0 Å². The molecule has 0 atom stereocenters. The van der Waals surface area contributed by atoms with Crippen LogP contribution in [-0.4, -0.2) is 15.8 Å². The molecule has 0 aliphatic heterocycles. The van der Waals surface area contributed by atoms with Crippen LogP contribution >= 0.6 is 7.60 Å². The average Bonchev–Trinajstić information content (AvgIpc) is 2.13. The molecular weight excluding hydrogens is 219 g/mol. The van der Waals surface area contributed by atoms with E-state index in [2.05, 4.69) is 4.74 Å². The first-order valence-corrected chi connectivity index (χ1v) is 5.80. The lowest BCUT2D eigenvalue weighted by Gasteiger charge is -2.10. The summed E-state index contributed by atoms with van der Waals surface area (Å²) >= 11 is 0. The van der Waals surface area contributed by atoms with Gasteiger partial charge < -0.3 is 14.5 Å². The second-order valence-electron chi connectivity index (χ2n) is 2.95. The van der Waals surface area contributed by atoms with Crippen molar-refractivity contribution in [2.75, 3.05) is 0 Å². The quantitative estimate of drug-likeness (QED) is 0.585. The van der Waals surface area contributed by atoms with Crippen molar-refractivity contribution in [3.63, 3.8) is 0 Å². The first-order chi connectivity index (χ1) is 6.91. The summed E-state index contributed by atoms with van der Waals surface area (Å²) in [7, 11) is -4.31. The summed E-state index contributed by atoms with van der Waals surface area (Å²) in [5, 5.41) is -0.105. The fraction of sp³-hybridized carbons (Fsp3) is 0.222. The summed E-state index contributed by atoms with van der Waals surface area (Å²) in [5.41, 5.74) is 0.320. The minimum absolute atomic E-state index is 0.105. The molecule has 0 aliphatic rings. The van der Waals surface area contributed by atoms with Crippen LogP contribution in [0.4, 0.5) is 0 Å². The highest BCUT2D eigenvalue weighted by atomic mass is 31.2. The zero-order valence-corrected chi connectivity index (χ0v) is 8.98. The van der Waals surface area contributed by atoms with Crippen LogP contribution in [-0.2, 0) is 20.7 Å². The minimum atomic E-state index is -4.31. The van der Waals surface area contributed by atoms with Gasteiger partial charge in [0.25, 0.3) is 0 Å². The Bertz CT molecular complexity index is 409.